The zero-order valence-corrected chi connectivity index (χ0v) is 19.9. The van der Waals surface area contributed by atoms with Crippen molar-refractivity contribution < 1.29 is 14.3 Å². The van der Waals surface area contributed by atoms with Crippen molar-refractivity contribution in [2.75, 3.05) is 39.9 Å². The van der Waals surface area contributed by atoms with E-state index in [-0.39, 0.29) is 11.9 Å². The Morgan fingerprint density at radius 1 is 1.18 bits per heavy atom. The van der Waals surface area contributed by atoms with E-state index < -0.39 is 5.54 Å². The number of hydrogen-bond donors (Lipinski definition) is 0. The van der Waals surface area contributed by atoms with E-state index in [0.717, 1.165) is 43.7 Å². The summed E-state index contributed by atoms with van der Waals surface area (Å²) in [6.45, 7) is 5.64. The second kappa shape index (κ2) is 10.0. The first kappa shape index (κ1) is 23.4. The first-order valence-electron chi connectivity index (χ1n) is 11.7. The molecule has 2 aliphatic heterocycles. The Balaban J connectivity index is 1.43. The van der Waals surface area contributed by atoms with Crippen LogP contribution in [0.15, 0.2) is 30.7 Å². The summed E-state index contributed by atoms with van der Waals surface area (Å²) in [7, 11) is 3.56. The topological polar surface area (TPSA) is 83.8 Å². The van der Waals surface area contributed by atoms with E-state index in [1.165, 1.54) is 10.5 Å². The number of aromatic nitrogens is 3. The van der Waals surface area contributed by atoms with Crippen molar-refractivity contribution in [2.45, 2.75) is 44.7 Å². The number of amides is 3. The van der Waals surface area contributed by atoms with Gasteiger partial charge in [-0.25, -0.2) is 4.79 Å². The molecule has 2 saturated heterocycles. The molecule has 0 aromatic carbocycles. The predicted octanol–water partition coefficient (Wildman–Crippen LogP) is 2.00. The predicted molar refractivity (Wildman–Crippen MR) is 123 cm³/mol. The summed E-state index contributed by atoms with van der Waals surface area (Å²) in [6.07, 6.45) is 8.42. The molecule has 0 aliphatic carbocycles. The van der Waals surface area contributed by atoms with Crippen LogP contribution in [-0.4, -0.2) is 86.8 Å². The molecule has 0 saturated carbocycles. The maximum absolute atomic E-state index is 13.6. The van der Waals surface area contributed by atoms with Gasteiger partial charge in [0.05, 0.1) is 12.3 Å². The van der Waals surface area contributed by atoms with E-state index in [0.29, 0.717) is 32.5 Å². The molecular formula is C24H34N6O3. The molecule has 4 heterocycles. The van der Waals surface area contributed by atoms with Gasteiger partial charge in [-0.1, -0.05) is 6.07 Å². The van der Waals surface area contributed by atoms with E-state index >= 15 is 0 Å². The van der Waals surface area contributed by atoms with Crippen LogP contribution in [-0.2, 0) is 29.5 Å². The van der Waals surface area contributed by atoms with Crippen molar-refractivity contribution in [1.82, 2.24) is 29.5 Å². The number of aryl methyl sites for hydroxylation is 3. The smallest absolute Gasteiger partial charge is 0.327 e. The summed E-state index contributed by atoms with van der Waals surface area (Å²) >= 11 is 0. The highest BCUT2D eigenvalue weighted by Gasteiger charge is 2.57. The number of nitrogens with zero attached hydrogens (tertiary/aromatic N) is 6. The van der Waals surface area contributed by atoms with E-state index in [4.69, 9.17) is 4.74 Å². The van der Waals surface area contributed by atoms with Crippen LogP contribution >= 0.6 is 0 Å². The first-order valence-corrected chi connectivity index (χ1v) is 11.7. The Kier molecular flexibility index (Phi) is 7.09. The molecule has 9 nitrogen and oxygen atoms in total. The van der Waals surface area contributed by atoms with Crippen molar-refractivity contribution in [2.24, 2.45) is 7.05 Å². The van der Waals surface area contributed by atoms with Gasteiger partial charge in [0.15, 0.2) is 0 Å². The minimum absolute atomic E-state index is 0.0491. The Morgan fingerprint density at radius 3 is 2.61 bits per heavy atom. The van der Waals surface area contributed by atoms with Gasteiger partial charge in [-0.3, -0.25) is 24.3 Å². The van der Waals surface area contributed by atoms with Crippen LogP contribution < -0.4 is 0 Å². The van der Waals surface area contributed by atoms with Crippen molar-refractivity contribution in [3.8, 4) is 0 Å². The summed E-state index contributed by atoms with van der Waals surface area (Å²) in [5, 5.41) is 4.43. The Morgan fingerprint density at radius 2 is 1.97 bits per heavy atom. The number of methoxy groups -OCH3 is 1. The van der Waals surface area contributed by atoms with Gasteiger partial charge < -0.3 is 9.64 Å². The number of rotatable bonds is 9. The molecule has 178 valence electrons. The van der Waals surface area contributed by atoms with Crippen molar-refractivity contribution >= 4 is 11.9 Å². The average Bonchev–Trinajstić information content (AvgIpc) is 3.22. The number of piperidine rings is 1. The number of carbonyl (C=O) groups excluding carboxylic acids is 2. The van der Waals surface area contributed by atoms with Gasteiger partial charge >= 0.3 is 6.03 Å². The molecule has 0 atom stereocenters. The molecular weight excluding hydrogens is 420 g/mol. The molecule has 2 aliphatic rings. The highest BCUT2D eigenvalue weighted by Crippen LogP contribution is 2.37. The first-order chi connectivity index (χ1) is 15.9. The van der Waals surface area contributed by atoms with E-state index in [9.17, 15) is 9.59 Å². The number of carbonyl (C=O) groups is 2. The molecule has 3 amide bonds. The van der Waals surface area contributed by atoms with Crippen LogP contribution in [0.3, 0.4) is 0 Å². The third-order valence-electron chi connectivity index (χ3n) is 6.90. The summed E-state index contributed by atoms with van der Waals surface area (Å²) in [6, 6.07) is 3.75. The second-order valence-electron chi connectivity index (χ2n) is 9.07. The lowest BCUT2D eigenvalue weighted by molar-refractivity contribution is -0.136. The van der Waals surface area contributed by atoms with Crippen LogP contribution in [0.2, 0.25) is 0 Å². The highest BCUT2D eigenvalue weighted by atomic mass is 16.5. The molecule has 0 bridgehead atoms. The van der Waals surface area contributed by atoms with Crippen LogP contribution in [0.1, 0.15) is 36.1 Å². The Labute approximate surface area is 195 Å². The lowest BCUT2D eigenvalue weighted by atomic mass is 9.85. The number of likely N-dealkylation sites (tertiary alicyclic amines) is 1. The Bertz CT molecular complexity index is 968. The molecule has 0 radical (unpaired) electrons. The van der Waals surface area contributed by atoms with Crippen molar-refractivity contribution in [1.29, 1.82) is 0 Å². The van der Waals surface area contributed by atoms with Crippen LogP contribution in [0.25, 0.3) is 0 Å². The van der Waals surface area contributed by atoms with Crippen LogP contribution in [0, 0.1) is 6.92 Å². The monoisotopic (exact) mass is 454 g/mol. The molecule has 33 heavy (non-hydrogen) atoms. The summed E-state index contributed by atoms with van der Waals surface area (Å²) in [4.78, 5) is 36.6. The number of ether oxygens (including phenoxy) is 1. The van der Waals surface area contributed by atoms with Gasteiger partial charge in [-0.2, -0.15) is 5.10 Å². The van der Waals surface area contributed by atoms with Crippen LogP contribution in [0.5, 0.6) is 0 Å². The molecule has 1 spiro atoms. The number of hydrogen-bond acceptors (Lipinski definition) is 6. The van der Waals surface area contributed by atoms with Gasteiger partial charge in [0.2, 0.25) is 0 Å². The summed E-state index contributed by atoms with van der Waals surface area (Å²) in [5.41, 5.74) is 2.59. The van der Waals surface area contributed by atoms with Gasteiger partial charge in [0.25, 0.3) is 5.91 Å². The Hall–Kier alpha value is -2.78. The zero-order valence-electron chi connectivity index (χ0n) is 19.9. The lowest BCUT2D eigenvalue weighted by Crippen LogP contribution is -2.57. The fourth-order valence-corrected chi connectivity index (χ4v) is 5.07. The largest absolute Gasteiger partial charge is 0.383 e. The lowest BCUT2D eigenvalue weighted by Gasteiger charge is -2.42. The van der Waals surface area contributed by atoms with Crippen molar-refractivity contribution in [3.63, 3.8) is 0 Å². The molecule has 4 rings (SSSR count). The van der Waals surface area contributed by atoms with Gasteiger partial charge in [0.1, 0.15) is 5.54 Å². The van der Waals surface area contributed by atoms with Gasteiger partial charge in [0, 0.05) is 71.0 Å². The molecule has 2 fully saturated rings. The SMILES string of the molecule is COCCN1C(=O)N(CCCc2cccnc2)C(=O)C12CCN(Cc1cn(C)nc1C)CC2. The quantitative estimate of drug-likeness (QED) is 0.539. The van der Waals surface area contributed by atoms with E-state index in [2.05, 4.69) is 21.2 Å². The minimum Gasteiger partial charge on any atom is -0.383 e. The maximum atomic E-state index is 13.6. The second-order valence-corrected chi connectivity index (χ2v) is 9.07. The minimum atomic E-state index is -0.760. The van der Waals surface area contributed by atoms with E-state index in [1.54, 1.807) is 18.2 Å². The zero-order chi connectivity index (χ0) is 23.4. The normalized spacial score (nSPS) is 18.6. The average molecular weight is 455 g/mol. The van der Waals surface area contributed by atoms with Gasteiger partial charge in [-0.15, -0.1) is 0 Å². The fraction of sp³-hybridized carbons (Fsp3) is 0.583. The maximum Gasteiger partial charge on any atom is 0.327 e. The van der Waals surface area contributed by atoms with Gasteiger partial charge in [-0.05, 0) is 44.2 Å². The highest BCUT2D eigenvalue weighted by molar-refractivity contribution is 6.07. The standard InChI is InChI=1S/C24H34N6O3/c1-19-21(17-27(2)26-19)18-28-12-8-24(9-13-28)22(31)29(23(32)30(24)14-15-33-3)11-5-7-20-6-4-10-25-16-20/h4,6,10,16-17H,5,7-9,11-15,18H2,1-3H3. The molecule has 0 unspecified atom stereocenters. The van der Waals surface area contributed by atoms with Crippen molar-refractivity contribution in [3.05, 3.63) is 47.5 Å². The number of imide groups is 1. The third kappa shape index (κ3) is 4.79. The van der Waals surface area contributed by atoms with Crippen LogP contribution in [0.4, 0.5) is 4.79 Å². The molecule has 0 N–H and O–H groups in total. The summed E-state index contributed by atoms with van der Waals surface area (Å²) < 4.78 is 7.10. The molecule has 9 heteroatoms. The molecule has 2 aromatic heterocycles. The third-order valence-corrected chi connectivity index (χ3v) is 6.90. The summed E-state index contributed by atoms with van der Waals surface area (Å²) in [5.74, 6) is -0.0491. The fourth-order valence-electron chi connectivity index (χ4n) is 5.07. The number of pyridine rings is 1. The number of urea groups is 1. The van der Waals surface area contributed by atoms with E-state index in [1.807, 2.05) is 37.0 Å². The molecule has 2 aromatic rings.